The van der Waals surface area contributed by atoms with Gasteiger partial charge in [-0.15, -0.1) is 34.4 Å². The highest BCUT2D eigenvalue weighted by molar-refractivity contribution is 8.00. The van der Waals surface area contributed by atoms with Gasteiger partial charge in [0.05, 0.1) is 27.5 Å². The molecule has 0 N–H and O–H groups in total. The van der Waals surface area contributed by atoms with Gasteiger partial charge < -0.3 is 13.6 Å². The van der Waals surface area contributed by atoms with Crippen molar-refractivity contribution in [2.75, 3.05) is 0 Å². The molecule has 1 aliphatic carbocycles. The van der Waals surface area contributed by atoms with Crippen LogP contribution in [0.25, 0.3) is 236 Å². The van der Waals surface area contributed by atoms with Crippen LogP contribution in [-0.2, 0) is 0 Å². The zero-order chi connectivity index (χ0) is 91.1. The number of thioether (sulfide) groups is 1. The van der Waals surface area contributed by atoms with Crippen LogP contribution in [0, 0.1) is 0 Å². The normalized spacial score (nSPS) is 13.3. The van der Waals surface area contributed by atoms with E-state index in [1.165, 1.54) is 78.2 Å². The number of furan rings is 1. The van der Waals surface area contributed by atoms with E-state index in [-0.39, 0.29) is 0 Å². The van der Waals surface area contributed by atoms with Gasteiger partial charge in [0.1, 0.15) is 11.2 Å². The van der Waals surface area contributed by atoms with Crippen LogP contribution >= 0.6 is 34.4 Å². The van der Waals surface area contributed by atoms with Gasteiger partial charge in [0, 0.05) is 145 Å². The average Bonchev–Trinajstić information content (AvgIpc) is 1.56. The molecule has 0 saturated carbocycles. The minimum absolute atomic E-state index is 0.319. The lowest BCUT2D eigenvalue weighted by molar-refractivity contribution is 0.673. The van der Waals surface area contributed by atoms with Gasteiger partial charge in [-0.05, 0) is 125 Å². The third-order valence-electron chi connectivity index (χ3n) is 26.2. The maximum Gasteiger partial charge on any atom is 0.164 e. The highest BCUT2D eigenvalue weighted by atomic mass is 32.2. The Morgan fingerprint density at radius 3 is 1.12 bits per heavy atom. The lowest BCUT2D eigenvalue weighted by Gasteiger charge is -2.23. The monoisotopic (exact) mass is 1820 g/mol. The number of thiophene rings is 2. The van der Waals surface area contributed by atoms with Crippen molar-refractivity contribution in [1.29, 1.82) is 0 Å². The van der Waals surface area contributed by atoms with E-state index in [9.17, 15) is 0 Å². The molecule has 18 aromatic carbocycles. The van der Waals surface area contributed by atoms with E-state index in [1.54, 1.807) is 0 Å². The zero-order valence-corrected chi connectivity index (χ0v) is 76.5. The number of benzene rings is 18. The first-order chi connectivity index (χ1) is 68.4. The van der Waals surface area contributed by atoms with E-state index >= 15 is 0 Å². The van der Waals surface area contributed by atoms with E-state index < -0.39 is 0 Å². The smallest absolute Gasteiger partial charge is 0.164 e. The van der Waals surface area contributed by atoms with Crippen molar-refractivity contribution in [3.8, 4) is 125 Å². The maximum absolute atomic E-state index is 6.61. The molecule has 2 atom stereocenters. The van der Waals surface area contributed by atoms with E-state index in [0.717, 1.165) is 122 Å². The summed E-state index contributed by atoms with van der Waals surface area (Å²) >= 11 is 5.79. The van der Waals surface area contributed by atoms with Gasteiger partial charge in [-0.2, -0.15) is 0 Å². The number of allylic oxidation sites excluding steroid dienone is 3. The van der Waals surface area contributed by atoms with E-state index in [2.05, 4.69) is 270 Å². The van der Waals surface area contributed by atoms with Crippen molar-refractivity contribution < 1.29 is 4.42 Å². The van der Waals surface area contributed by atoms with Crippen LogP contribution in [0.2, 0.25) is 0 Å². The highest BCUT2D eigenvalue weighted by Gasteiger charge is 2.38. The summed E-state index contributed by atoms with van der Waals surface area (Å²) in [5, 5.41) is 12.6. The summed E-state index contributed by atoms with van der Waals surface area (Å²) < 4.78 is 16.7. The molecular formula is C123H77N11OS3. The van der Waals surface area contributed by atoms with Crippen LogP contribution < -0.4 is 0 Å². The number of rotatable bonds is 13. The van der Waals surface area contributed by atoms with Crippen LogP contribution in [0.15, 0.2) is 464 Å². The summed E-state index contributed by atoms with van der Waals surface area (Å²) in [5.74, 6) is 6.24. The minimum atomic E-state index is 0.319. The molecular weight excluding hydrogens is 1740 g/mol. The first-order valence-electron chi connectivity index (χ1n) is 46.1. The Kier molecular flexibility index (Phi) is 20.4. The summed E-state index contributed by atoms with van der Waals surface area (Å²) in [6.07, 6.45) is 6.93. The van der Waals surface area contributed by atoms with Gasteiger partial charge in [-0.3, -0.25) is 0 Å². The van der Waals surface area contributed by atoms with E-state index in [0.29, 0.717) is 63.6 Å². The molecule has 28 rings (SSSR count). The molecule has 648 valence electrons. The van der Waals surface area contributed by atoms with Gasteiger partial charge in [0.15, 0.2) is 52.4 Å². The van der Waals surface area contributed by atoms with Crippen LogP contribution in [0.1, 0.15) is 17.0 Å². The minimum Gasteiger partial charge on any atom is -0.455 e. The quantitative estimate of drug-likeness (QED) is 0.109. The van der Waals surface area contributed by atoms with Crippen LogP contribution in [0.3, 0.4) is 0 Å². The average molecular weight is 1820 g/mol. The molecule has 0 saturated heterocycles. The van der Waals surface area contributed by atoms with Crippen molar-refractivity contribution in [1.82, 2.24) is 54.0 Å². The first-order valence-corrected chi connectivity index (χ1v) is 48.6. The standard InChI is InChI=1S/C45H28N4O.C39H24N4S.C39H25N3S2/c1-4-13-29(14-5-1)43-46-44(30-15-6-2-7-16-30)48-45(47-43)33-18-12-17-31(27-33)32-23-25-38-37(28-32)41-39(49(38)34-19-8-3-9-20-34)26-24-36-35-21-10-11-22-40(35)50-42(36)41;1-4-12-25(13-5-1)37-40-38(26-14-6-2-7-15-26)42-39(41-37)27-20-21-31-33(24-27)43(28-16-8-3-9-17-28)32-23-22-30-29-18-10-11-19-34(29)44-36(30)35(31)32;1-3-11-24(12-4-1)37-40-38(25-13-5-2-6-14-25)42-39(41-37)27-16-9-15-26(23-27)28-18-10-19-31-34-33(44-35(28)31)22-21-30-29-17-7-8-20-32(29)43-36(30)34/h1-28H;1-24H;1-23,31,35H. The molecule has 8 aromatic heterocycles. The molecule has 0 spiro atoms. The molecule has 1 aliphatic heterocycles. The first kappa shape index (κ1) is 81.4. The second kappa shape index (κ2) is 34.6. The van der Waals surface area contributed by atoms with Crippen molar-refractivity contribution in [2.24, 2.45) is 0 Å². The number of nitrogens with zero attached hydrogens (tertiary/aromatic N) is 11. The van der Waals surface area contributed by atoms with Crippen LogP contribution in [0.4, 0.5) is 0 Å². The fourth-order valence-corrected chi connectivity index (χ4v) is 23.9. The summed E-state index contributed by atoms with van der Waals surface area (Å²) in [4.78, 5) is 46.0. The second-order valence-corrected chi connectivity index (χ2v) is 37.8. The fourth-order valence-electron chi connectivity index (χ4n) is 19.7. The molecule has 2 aliphatic rings. The number of aromatic nitrogens is 11. The van der Waals surface area contributed by atoms with E-state index in [4.69, 9.17) is 49.3 Å². The van der Waals surface area contributed by atoms with Gasteiger partial charge >= 0.3 is 0 Å². The molecule has 0 amide bonds. The molecule has 15 heteroatoms. The van der Waals surface area contributed by atoms with Gasteiger partial charge in [-0.1, -0.05) is 358 Å². The van der Waals surface area contributed by atoms with E-state index in [1.807, 2.05) is 229 Å². The second-order valence-electron chi connectivity index (χ2n) is 34.5. The predicted octanol–water partition coefficient (Wildman–Crippen LogP) is 32.3. The Labute approximate surface area is 805 Å². The molecule has 2 unspecified atom stereocenters. The maximum atomic E-state index is 6.61. The van der Waals surface area contributed by atoms with Crippen molar-refractivity contribution in [3.63, 3.8) is 0 Å². The van der Waals surface area contributed by atoms with Crippen LogP contribution in [0.5, 0.6) is 0 Å². The number of fused-ring (bicyclic) bond motifs is 21. The fraction of sp³-hybridized carbons (Fsp3) is 0.0163. The van der Waals surface area contributed by atoms with Gasteiger partial charge in [0.25, 0.3) is 0 Å². The molecule has 0 fully saturated rings. The van der Waals surface area contributed by atoms with Gasteiger partial charge in [0.2, 0.25) is 0 Å². The summed E-state index contributed by atoms with van der Waals surface area (Å²) in [7, 11) is 0. The Morgan fingerprint density at radius 1 is 0.239 bits per heavy atom. The molecule has 0 radical (unpaired) electrons. The number of para-hydroxylation sites is 3. The van der Waals surface area contributed by atoms with Crippen molar-refractivity contribution in [3.05, 3.63) is 466 Å². The lowest BCUT2D eigenvalue weighted by Crippen LogP contribution is -2.13. The summed E-state index contributed by atoms with van der Waals surface area (Å²) in [6, 6.07) is 152. The highest BCUT2D eigenvalue weighted by Crippen LogP contribution is 2.57. The number of hydrogen-bond donors (Lipinski definition) is 0. The number of hydrogen-bond acceptors (Lipinski definition) is 13. The topological polar surface area (TPSA) is 139 Å². The zero-order valence-electron chi connectivity index (χ0n) is 74.0. The molecule has 12 nitrogen and oxygen atoms in total. The third-order valence-corrected chi connectivity index (χ3v) is 30.0. The van der Waals surface area contributed by atoms with Crippen molar-refractivity contribution >= 4 is 146 Å². The predicted molar refractivity (Wildman–Crippen MR) is 572 cm³/mol. The Bertz CT molecular complexity index is 9140. The Morgan fingerprint density at radius 2 is 0.601 bits per heavy atom. The Balaban J connectivity index is 0.000000107. The van der Waals surface area contributed by atoms with Gasteiger partial charge in [-0.25, -0.2) is 44.9 Å². The lowest BCUT2D eigenvalue weighted by atomic mass is 9.84. The summed E-state index contributed by atoms with van der Waals surface area (Å²) in [5.41, 5.74) is 23.4. The SMILES string of the molecule is C1=CC2c3c(ccc4c3sc3ccccc34)SC2C(c2cccc(-c3nc(-c4ccccc4)nc(-c4ccccc4)n3)c2)=C1.c1ccc(-c2nc(-c3ccccc3)nc(-c3ccc4c5c6sc7ccccc7c6ccc5n(-c5ccccc5)c4c3)n2)cc1.c1ccc(-c2nc(-c3ccccc3)nc(-c3cccc(-c4ccc5c(c4)c4c6oc7ccccc7c6ccc4n5-c4ccccc4)c3)n2)cc1. The van der Waals surface area contributed by atoms with Crippen LogP contribution in [-0.4, -0.2) is 59.2 Å². The Hall–Kier alpha value is -17.3. The molecule has 9 heterocycles. The third kappa shape index (κ3) is 14.7. The van der Waals surface area contributed by atoms with Crippen molar-refractivity contribution in [2.45, 2.75) is 16.1 Å². The summed E-state index contributed by atoms with van der Waals surface area (Å²) in [6.45, 7) is 0. The largest absolute Gasteiger partial charge is 0.455 e. The molecule has 138 heavy (non-hydrogen) atoms. The molecule has 0 bridgehead atoms. The molecule has 26 aromatic rings.